The molecule has 6 heteroatoms. The van der Waals surface area contributed by atoms with Crippen LogP contribution in [0.1, 0.15) is 26.7 Å². The average molecular weight is 257 g/mol. The van der Waals surface area contributed by atoms with Crippen molar-refractivity contribution in [1.29, 1.82) is 0 Å². The van der Waals surface area contributed by atoms with E-state index in [0.29, 0.717) is 19.4 Å². The van der Waals surface area contributed by atoms with Gasteiger partial charge in [0.25, 0.3) is 0 Å². The van der Waals surface area contributed by atoms with Crippen molar-refractivity contribution in [1.82, 2.24) is 9.71 Å². The zero-order valence-corrected chi connectivity index (χ0v) is 11.0. The second-order valence-corrected chi connectivity index (χ2v) is 5.93. The SMILES string of the molecule is CCC(C)(CCN)NS(=O)(=O)c1cccnc1. The summed E-state index contributed by atoms with van der Waals surface area (Å²) in [6.07, 6.45) is 4.16. The van der Waals surface area contributed by atoms with E-state index in [1.54, 1.807) is 6.07 Å². The van der Waals surface area contributed by atoms with Gasteiger partial charge in [-0.05, 0) is 38.4 Å². The monoisotopic (exact) mass is 257 g/mol. The fraction of sp³-hybridized carbons (Fsp3) is 0.545. The lowest BCUT2D eigenvalue weighted by Gasteiger charge is -2.28. The lowest BCUT2D eigenvalue weighted by atomic mass is 9.96. The fourth-order valence-electron chi connectivity index (χ4n) is 1.51. The summed E-state index contributed by atoms with van der Waals surface area (Å²) in [7, 11) is -3.52. The number of sulfonamides is 1. The van der Waals surface area contributed by atoms with Crippen LogP contribution in [0.3, 0.4) is 0 Å². The summed E-state index contributed by atoms with van der Waals surface area (Å²) in [4.78, 5) is 3.99. The lowest BCUT2D eigenvalue weighted by Crippen LogP contribution is -2.46. The summed E-state index contributed by atoms with van der Waals surface area (Å²) in [5, 5.41) is 0. The van der Waals surface area contributed by atoms with Crippen molar-refractivity contribution in [2.24, 2.45) is 5.73 Å². The Balaban J connectivity index is 2.94. The van der Waals surface area contributed by atoms with Gasteiger partial charge in [-0.2, -0.15) is 0 Å². The second-order valence-electron chi connectivity index (χ2n) is 4.25. The summed E-state index contributed by atoms with van der Waals surface area (Å²) in [6, 6.07) is 3.12. The molecule has 0 saturated heterocycles. The van der Waals surface area contributed by atoms with E-state index in [0.717, 1.165) is 0 Å². The van der Waals surface area contributed by atoms with Crippen molar-refractivity contribution in [3.05, 3.63) is 24.5 Å². The van der Waals surface area contributed by atoms with Gasteiger partial charge < -0.3 is 5.73 Å². The number of rotatable bonds is 6. The van der Waals surface area contributed by atoms with Crippen LogP contribution in [0.4, 0.5) is 0 Å². The molecule has 0 fully saturated rings. The number of hydrogen-bond donors (Lipinski definition) is 2. The molecule has 1 rings (SSSR count). The molecule has 5 nitrogen and oxygen atoms in total. The standard InChI is InChI=1S/C11H19N3O2S/c1-3-11(2,6-7-12)14-17(15,16)10-5-4-8-13-9-10/h4-5,8-9,14H,3,6-7,12H2,1-2H3. The molecule has 96 valence electrons. The molecule has 0 aliphatic carbocycles. The number of nitrogens with one attached hydrogen (secondary N) is 1. The molecule has 0 saturated carbocycles. The zero-order valence-electron chi connectivity index (χ0n) is 10.2. The minimum Gasteiger partial charge on any atom is -0.330 e. The summed E-state index contributed by atoms with van der Waals surface area (Å²) in [6.45, 7) is 4.23. The van der Waals surface area contributed by atoms with Gasteiger partial charge in [0.15, 0.2) is 0 Å². The van der Waals surface area contributed by atoms with E-state index in [-0.39, 0.29) is 4.90 Å². The summed E-state index contributed by atoms with van der Waals surface area (Å²) in [5.74, 6) is 0. The van der Waals surface area contributed by atoms with Crippen molar-refractivity contribution in [3.63, 3.8) is 0 Å². The molecule has 0 aliphatic rings. The van der Waals surface area contributed by atoms with Crippen molar-refractivity contribution >= 4 is 10.0 Å². The quantitative estimate of drug-likeness (QED) is 0.792. The number of pyridine rings is 1. The first-order chi connectivity index (χ1) is 7.93. The molecule has 0 radical (unpaired) electrons. The summed E-state index contributed by atoms with van der Waals surface area (Å²) in [5.41, 5.74) is 4.99. The maximum absolute atomic E-state index is 12.1. The Morgan fingerprint density at radius 1 is 1.53 bits per heavy atom. The Bertz CT molecular complexity index is 447. The number of nitrogens with two attached hydrogens (primary N) is 1. The predicted octanol–water partition coefficient (Wildman–Crippen LogP) is 0.877. The first kappa shape index (κ1) is 14.1. The normalized spacial score (nSPS) is 15.5. The third kappa shape index (κ3) is 3.76. The molecule has 1 unspecified atom stereocenters. The Labute approximate surface area is 102 Å². The van der Waals surface area contributed by atoms with Crippen molar-refractivity contribution in [2.75, 3.05) is 6.54 Å². The van der Waals surface area contributed by atoms with E-state index < -0.39 is 15.6 Å². The molecule has 0 aromatic carbocycles. The molecule has 0 bridgehead atoms. The lowest BCUT2D eigenvalue weighted by molar-refractivity contribution is 0.379. The van der Waals surface area contributed by atoms with Crippen LogP contribution in [-0.4, -0.2) is 25.5 Å². The third-order valence-electron chi connectivity index (χ3n) is 2.80. The molecule has 1 atom stereocenters. The third-order valence-corrected chi connectivity index (χ3v) is 4.43. The van der Waals surface area contributed by atoms with Crippen LogP contribution < -0.4 is 10.5 Å². The summed E-state index contributed by atoms with van der Waals surface area (Å²) < 4.78 is 26.9. The molecule has 3 N–H and O–H groups in total. The Kier molecular flexibility index (Phi) is 4.62. The minimum absolute atomic E-state index is 0.177. The van der Waals surface area contributed by atoms with E-state index in [4.69, 9.17) is 5.73 Å². The van der Waals surface area contributed by atoms with Gasteiger partial charge >= 0.3 is 0 Å². The maximum atomic E-state index is 12.1. The highest BCUT2D eigenvalue weighted by Gasteiger charge is 2.28. The summed E-state index contributed by atoms with van der Waals surface area (Å²) >= 11 is 0. The number of nitrogens with zero attached hydrogens (tertiary/aromatic N) is 1. The molecule has 1 aromatic heterocycles. The predicted molar refractivity (Wildman–Crippen MR) is 66.9 cm³/mol. The Morgan fingerprint density at radius 3 is 2.71 bits per heavy atom. The first-order valence-corrected chi connectivity index (χ1v) is 7.06. The molecule has 0 amide bonds. The zero-order chi connectivity index (χ0) is 12.9. The molecular weight excluding hydrogens is 238 g/mol. The first-order valence-electron chi connectivity index (χ1n) is 5.57. The number of aromatic nitrogens is 1. The highest BCUT2D eigenvalue weighted by molar-refractivity contribution is 7.89. The van der Waals surface area contributed by atoms with Gasteiger partial charge in [0.1, 0.15) is 4.90 Å². The largest absolute Gasteiger partial charge is 0.330 e. The van der Waals surface area contributed by atoms with Crippen LogP contribution in [0.25, 0.3) is 0 Å². The van der Waals surface area contributed by atoms with E-state index >= 15 is 0 Å². The highest BCUT2D eigenvalue weighted by atomic mass is 32.2. The maximum Gasteiger partial charge on any atom is 0.242 e. The second kappa shape index (κ2) is 5.57. The van der Waals surface area contributed by atoms with Gasteiger partial charge in [0.2, 0.25) is 10.0 Å². The molecule has 17 heavy (non-hydrogen) atoms. The van der Waals surface area contributed by atoms with Crippen LogP contribution in [-0.2, 0) is 10.0 Å². The van der Waals surface area contributed by atoms with Gasteiger partial charge in [0.05, 0.1) is 0 Å². The molecule has 0 spiro atoms. The van der Waals surface area contributed by atoms with Gasteiger partial charge in [0, 0.05) is 17.9 Å². The van der Waals surface area contributed by atoms with Crippen LogP contribution in [0.2, 0.25) is 0 Å². The molecular formula is C11H19N3O2S. The van der Waals surface area contributed by atoms with E-state index in [9.17, 15) is 8.42 Å². The Hall–Kier alpha value is -0.980. The molecule has 1 heterocycles. The smallest absolute Gasteiger partial charge is 0.242 e. The number of hydrogen-bond acceptors (Lipinski definition) is 4. The van der Waals surface area contributed by atoms with Gasteiger partial charge in [-0.1, -0.05) is 6.92 Å². The van der Waals surface area contributed by atoms with Crippen LogP contribution in [0.15, 0.2) is 29.4 Å². The topological polar surface area (TPSA) is 85.1 Å². The average Bonchev–Trinajstić information content (AvgIpc) is 2.30. The van der Waals surface area contributed by atoms with Crippen molar-refractivity contribution in [2.45, 2.75) is 37.1 Å². The van der Waals surface area contributed by atoms with Crippen molar-refractivity contribution in [3.8, 4) is 0 Å². The Morgan fingerprint density at radius 2 is 2.24 bits per heavy atom. The van der Waals surface area contributed by atoms with Crippen LogP contribution >= 0.6 is 0 Å². The van der Waals surface area contributed by atoms with Gasteiger partial charge in [-0.3, -0.25) is 4.98 Å². The molecule has 0 aliphatic heterocycles. The minimum atomic E-state index is -3.52. The molecule has 1 aromatic rings. The highest BCUT2D eigenvalue weighted by Crippen LogP contribution is 2.18. The van der Waals surface area contributed by atoms with Gasteiger partial charge in [-0.25, -0.2) is 13.1 Å². The van der Waals surface area contributed by atoms with E-state index in [1.807, 2.05) is 13.8 Å². The van der Waals surface area contributed by atoms with Crippen molar-refractivity contribution < 1.29 is 8.42 Å². The van der Waals surface area contributed by atoms with E-state index in [1.165, 1.54) is 18.5 Å². The fourth-order valence-corrected chi connectivity index (χ4v) is 2.98. The van der Waals surface area contributed by atoms with Crippen LogP contribution in [0.5, 0.6) is 0 Å². The van der Waals surface area contributed by atoms with Crippen LogP contribution in [0, 0.1) is 0 Å². The van der Waals surface area contributed by atoms with Gasteiger partial charge in [-0.15, -0.1) is 0 Å². The van der Waals surface area contributed by atoms with E-state index in [2.05, 4.69) is 9.71 Å².